The Morgan fingerprint density at radius 2 is 1.16 bits per heavy atom. The van der Waals surface area contributed by atoms with Crippen LogP contribution < -0.4 is 0 Å². The molecule has 3 aromatic rings. The molecule has 0 saturated carbocycles. The average Bonchev–Trinajstić information content (AvgIpc) is 3.78. The molecule has 0 aliphatic carbocycles. The summed E-state index contributed by atoms with van der Waals surface area (Å²) in [5.41, 5.74) is 3.09. The van der Waals surface area contributed by atoms with Crippen molar-refractivity contribution in [2.75, 3.05) is 19.8 Å². The average molecular weight is 507 g/mol. The van der Waals surface area contributed by atoms with Gasteiger partial charge in [0.2, 0.25) is 0 Å². The van der Waals surface area contributed by atoms with Gasteiger partial charge in [-0.2, -0.15) is 0 Å². The van der Waals surface area contributed by atoms with Crippen molar-refractivity contribution >= 4 is 0 Å². The molecule has 5 rings (SSSR count). The van der Waals surface area contributed by atoms with Crippen molar-refractivity contribution in [3.8, 4) is 0 Å². The molecule has 2 heterocycles. The predicted molar refractivity (Wildman–Crippen MR) is 136 cm³/mol. The van der Waals surface area contributed by atoms with Crippen molar-refractivity contribution in [2.45, 2.75) is 56.6 Å². The van der Waals surface area contributed by atoms with Crippen LogP contribution in [0.3, 0.4) is 0 Å². The lowest BCUT2D eigenvalue weighted by Gasteiger charge is -2.44. The zero-order chi connectivity index (χ0) is 25.3. The first-order valence-electron chi connectivity index (χ1n) is 12.8. The van der Waals surface area contributed by atoms with Gasteiger partial charge in [0.1, 0.15) is 30.5 Å². The van der Waals surface area contributed by atoms with Crippen LogP contribution in [0.1, 0.15) is 16.7 Å². The molecule has 2 aliphatic heterocycles. The number of epoxide rings is 1. The molecule has 2 aliphatic rings. The Balaban J connectivity index is 1.32. The monoisotopic (exact) mass is 506 g/mol. The van der Waals surface area contributed by atoms with E-state index in [2.05, 4.69) is 0 Å². The second kappa shape index (κ2) is 13.3. The van der Waals surface area contributed by atoms with Crippen LogP contribution in [0.2, 0.25) is 0 Å². The van der Waals surface area contributed by atoms with E-state index in [4.69, 9.17) is 28.4 Å². The number of aliphatic hydroxyl groups is 1. The Morgan fingerprint density at radius 1 is 0.649 bits per heavy atom. The van der Waals surface area contributed by atoms with E-state index >= 15 is 0 Å². The molecule has 7 heteroatoms. The minimum atomic E-state index is -1.05. The second-order valence-corrected chi connectivity index (χ2v) is 9.35. The molecule has 4 unspecified atom stereocenters. The lowest BCUT2D eigenvalue weighted by atomic mass is 9.98. The third kappa shape index (κ3) is 7.69. The van der Waals surface area contributed by atoms with E-state index in [1.54, 1.807) is 0 Å². The summed E-state index contributed by atoms with van der Waals surface area (Å²) in [6.07, 6.45) is -3.67. The first-order valence-corrected chi connectivity index (χ1v) is 12.8. The number of benzene rings is 3. The minimum absolute atomic E-state index is 0.0410. The zero-order valence-electron chi connectivity index (χ0n) is 20.8. The summed E-state index contributed by atoms with van der Waals surface area (Å²) in [6, 6.07) is 29.7. The molecule has 6 atom stereocenters. The van der Waals surface area contributed by atoms with Crippen molar-refractivity contribution in [1.82, 2.24) is 0 Å². The van der Waals surface area contributed by atoms with Crippen LogP contribution in [0.25, 0.3) is 0 Å². The Labute approximate surface area is 217 Å². The Morgan fingerprint density at radius 3 is 1.70 bits per heavy atom. The standard InChI is InChI=1S/C30H34O7/c31-27-29(35-18-24-14-8-3-9-15-24)28(34-17-23-12-6-2-7-13-23)26(37-30(27)36-20-25-19-33-25)21-32-16-22-10-4-1-5-11-22/h1-15,25-31H,16-21H2/t25-,26?,27?,28-,29?,30?/m1/s1. The third-order valence-corrected chi connectivity index (χ3v) is 6.43. The normalized spacial score (nSPS) is 27.2. The highest BCUT2D eigenvalue weighted by molar-refractivity contribution is 5.15. The maximum atomic E-state index is 11.3. The molecule has 7 nitrogen and oxygen atoms in total. The van der Waals surface area contributed by atoms with Crippen LogP contribution in [0.5, 0.6) is 0 Å². The molecule has 0 radical (unpaired) electrons. The van der Waals surface area contributed by atoms with E-state index in [0.717, 1.165) is 16.7 Å². The lowest BCUT2D eigenvalue weighted by Crippen LogP contribution is -2.61. The van der Waals surface area contributed by atoms with Gasteiger partial charge >= 0.3 is 0 Å². The molecule has 3 aromatic carbocycles. The summed E-state index contributed by atoms with van der Waals surface area (Å²) in [4.78, 5) is 0. The molecule has 0 aromatic heterocycles. The number of ether oxygens (including phenoxy) is 6. The first-order chi connectivity index (χ1) is 18.3. The van der Waals surface area contributed by atoms with Gasteiger partial charge in [0.15, 0.2) is 6.29 Å². The zero-order valence-corrected chi connectivity index (χ0v) is 20.8. The molecule has 0 bridgehead atoms. The van der Waals surface area contributed by atoms with Crippen molar-refractivity contribution in [3.05, 3.63) is 108 Å². The molecule has 37 heavy (non-hydrogen) atoms. The SMILES string of the molecule is OC1C(OC[C@H]2CO2)OC(COCc2ccccc2)[C@@H](OCc2ccccc2)C1OCc1ccccc1. The minimum Gasteiger partial charge on any atom is -0.385 e. The van der Waals surface area contributed by atoms with Gasteiger partial charge in [0.25, 0.3) is 0 Å². The molecule has 0 spiro atoms. The maximum absolute atomic E-state index is 11.3. The Kier molecular flexibility index (Phi) is 9.32. The van der Waals surface area contributed by atoms with Crippen molar-refractivity contribution in [3.63, 3.8) is 0 Å². The number of aliphatic hydroxyl groups excluding tert-OH is 1. The van der Waals surface area contributed by atoms with Gasteiger partial charge in [-0.3, -0.25) is 0 Å². The quantitative estimate of drug-likeness (QED) is 0.353. The van der Waals surface area contributed by atoms with E-state index in [9.17, 15) is 5.11 Å². The van der Waals surface area contributed by atoms with E-state index in [0.29, 0.717) is 33.0 Å². The highest BCUT2D eigenvalue weighted by Crippen LogP contribution is 2.29. The summed E-state index contributed by atoms with van der Waals surface area (Å²) in [5.74, 6) is 0. The summed E-state index contributed by atoms with van der Waals surface area (Å²) in [7, 11) is 0. The summed E-state index contributed by atoms with van der Waals surface area (Å²) in [5, 5.41) is 11.3. The van der Waals surface area contributed by atoms with Crippen LogP contribution in [0.4, 0.5) is 0 Å². The van der Waals surface area contributed by atoms with Gasteiger partial charge in [0, 0.05) is 0 Å². The van der Waals surface area contributed by atoms with Gasteiger partial charge in [0.05, 0.1) is 39.6 Å². The summed E-state index contributed by atoms with van der Waals surface area (Å²) < 4.78 is 36.2. The van der Waals surface area contributed by atoms with Crippen LogP contribution in [0, 0.1) is 0 Å². The topological polar surface area (TPSA) is 78.9 Å². The maximum Gasteiger partial charge on any atom is 0.186 e. The highest BCUT2D eigenvalue weighted by atomic mass is 16.7. The molecular weight excluding hydrogens is 472 g/mol. The molecule has 0 amide bonds. The van der Waals surface area contributed by atoms with Crippen molar-refractivity contribution in [2.24, 2.45) is 0 Å². The second-order valence-electron chi connectivity index (χ2n) is 9.35. The van der Waals surface area contributed by atoms with Gasteiger partial charge in [-0.15, -0.1) is 0 Å². The first kappa shape index (κ1) is 26.0. The van der Waals surface area contributed by atoms with Crippen molar-refractivity contribution in [1.29, 1.82) is 0 Å². The van der Waals surface area contributed by atoms with Crippen LogP contribution in [0.15, 0.2) is 91.0 Å². The van der Waals surface area contributed by atoms with Crippen LogP contribution in [-0.4, -0.2) is 61.7 Å². The fourth-order valence-corrected chi connectivity index (χ4v) is 4.33. The number of hydrogen-bond donors (Lipinski definition) is 1. The van der Waals surface area contributed by atoms with Crippen molar-refractivity contribution < 1.29 is 33.5 Å². The van der Waals surface area contributed by atoms with Gasteiger partial charge < -0.3 is 33.5 Å². The number of rotatable bonds is 13. The fraction of sp³-hybridized carbons (Fsp3) is 0.400. The number of hydrogen-bond acceptors (Lipinski definition) is 7. The van der Waals surface area contributed by atoms with Gasteiger partial charge in [-0.05, 0) is 16.7 Å². The van der Waals surface area contributed by atoms with E-state index in [-0.39, 0.29) is 12.7 Å². The summed E-state index contributed by atoms with van der Waals surface area (Å²) >= 11 is 0. The molecular formula is C30H34O7. The van der Waals surface area contributed by atoms with Gasteiger partial charge in [-0.1, -0.05) is 91.0 Å². The Bertz CT molecular complexity index is 1050. The molecule has 2 fully saturated rings. The summed E-state index contributed by atoms with van der Waals surface area (Å²) in [6.45, 7) is 2.37. The highest BCUT2D eigenvalue weighted by Gasteiger charge is 2.48. The van der Waals surface area contributed by atoms with E-state index in [1.165, 1.54) is 0 Å². The smallest absolute Gasteiger partial charge is 0.186 e. The Hall–Kier alpha value is -2.62. The third-order valence-electron chi connectivity index (χ3n) is 6.43. The van der Waals surface area contributed by atoms with Crippen LogP contribution in [-0.2, 0) is 48.2 Å². The van der Waals surface area contributed by atoms with Gasteiger partial charge in [-0.25, -0.2) is 0 Å². The van der Waals surface area contributed by atoms with E-state index < -0.39 is 30.7 Å². The largest absolute Gasteiger partial charge is 0.385 e. The lowest BCUT2D eigenvalue weighted by molar-refractivity contribution is -0.319. The molecule has 1 N–H and O–H groups in total. The predicted octanol–water partition coefficient (Wildman–Crippen LogP) is 3.88. The fourth-order valence-electron chi connectivity index (χ4n) is 4.33. The molecule has 196 valence electrons. The molecule has 2 saturated heterocycles. The van der Waals surface area contributed by atoms with Crippen LogP contribution >= 0.6 is 0 Å². The van der Waals surface area contributed by atoms with E-state index in [1.807, 2.05) is 91.0 Å².